The molecule has 0 aliphatic rings. The van der Waals surface area contributed by atoms with Crippen molar-refractivity contribution in [2.24, 2.45) is 0 Å². The minimum absolute atomic E-state index is 0.350. The Balaban J connectivity index is 2.71. The molecule has 0 aliphatic carbocycles. The molecule has 0 aliphatic heterocycles. The number of methoxy groups -OCH3 is 1. The minimum atomic E-state index is 0.350. The number of hydrogen-bond donors (Lipinski definition) is 1. The molecule has 1 N–H and O–H groups in total. The highest BCUT2D eigenvalue weighted by Gasteiger charge is 1.94. The second kappa shape index (κ2) is 5.40. The molecular weight excluding hydrogens is 176 g/mol. The average molecular weight is 192 g/mol. The topological polar surface area (TPSA) is 34.1 Å². The van der Waals surface area contributed by atoms with Crippen LogP contribution in [0, 0.1) is 0 Å². The first kappa shape index (κ1) is 10.7. The molecule has 14 heavy (non-hydrogen) atoms. The summed E-state index contributed by atoms with van der Waals surface area (Å²) < 4.78 is 5.03. The van der Waals surface area contributed by atoms with Crippen molar-refractivity contribution in [1.82, 2.24) is 10.3 Å². The van der Waals surface area contributed by atoms with E-state index in [1.165, 1.54) is 0 Å². The second-order valence-electron chi connectivity index (χ2n) is 3.04. The van der Waals surface area contributed by atoms with Crippen LogP contribution in [0.4, 0.5) is 0 Å². The number of likely N-dealkylation sites (N-methyl/N-ethyl adjacent to an activating group) is 1. The molecule has 3 heteroatoms. The van der Waals surface area contributed by atoms with E-state index < -0.39 is 0 Å². The standard InChI is InChI=1S/C11H16N2O/c1-9(12-2)7-8-10-5-4-6-11(13-10)14-3/h4-9,12H,1-3H3/b8-7+. The van der Waals surface area contributed by atoms with Crippen molar-refractivity contribution < 1.29 is 4.74 Å². The third-order valence-electron chi connectivity index (χ3n) is 1.97. The van der Waals surface area contributed by atoms with E-state index in [0.29, 0.717) is 11.9 Å². The highest BCUT2D eigenvalue weighted by molar-refractivity contribution is 5.46. The third-order valence-corrected chi connectivity index (χ3v) is 1.97. The number of ether oxygens (including phenoxy) is 1. The summed E-state index contributed by atoms with van der Waals surface area (Å²) >= 11 is 0. The summed E-state index contributed by atoms with van der Waals surface area (Å²) in [5.74, 6) is 0.643. The van der Waals surface area contributed by atoms with Crippen LogP contribution in [0.3, 0.4) is 0 Å². The molecule has 76 valence electrons. The second-order valence-corrected chi connectivity index (χ2v) is 3.04. The van der Waals surface area contributed by atoms with Crippen LogP contribution in [0.1, 0.15) is 12.6 Å². The SMILES string of the molecule is CNC(C)/C=C/c1cccc(OC)n1. The molecule has 0 bridgehead atoms. The fourth-order valence-corrected chi connectivity index (χ4v) is 0.976. The highest BCUT2D eigenvalue weighted by Crippen LogP contribution is 2.07. The van der Waals surface area contributed by atoms with Gasteiger partial charge in [0.25, 0.3) is 0 Å². The van der Waals surface area contributed by atoms with Crippen LogP contribution in [0.25, 0.3) is 6.08 Å². The van der Waals surface area contributed by atoms with Gasteiger partial charge >= 0.3 is 0 Å². The van der Waals surface area contributed by atoms with Crippen molar-refractivity contribution in [3.8, 4) is 5.88 Å². The lowest BCUT2D eigenvalue weighted by Gasteiger charge is -2.02. The Morgan fingerprint density at radius 3 is 2.93 bits per heavy atom. The quantitative estimate of drug-likeness (QED) is 0.788. The van der Waals surface area contributed by atoms with Gasteiger partial charge in [0.1, 0.15) is 0 Å². The average Bonchev–Trinajstić information content (AvgIpc) is 2.26. The smallest absolute Gasteiger partial charge is 0.213 e. The van der Waals surface area contributed by atoms with Crippen molar-refractivity contribution >= 4 is 6.08 Å². The molecule has 0 fully saturated rings. The molecule has 3 nitrogen and oxygen atoms in total. The molecule has 1 aromatic rings. The summed E-state index contributed by atoms with van der Waals surface area (Å²) in [6.45, 7) is 2.08. The molecule has 0 saturated heterocycles. The molecule has 1 aromatic heterocycles. The minimum Gasteiger partial charge on any atom is -0.481 e. The third kappa shape index (κ3) is 3.18. The van der Waals surface area contributed by atoms with E-state index >= 15 is 0 Å². The van der Waals surface area contributed by atoms with E-state index in [4.69, 9.17) is 4.74 Å². The van der Waals surface area contributed by atoms with E-state index in [1.807, 2.05) is 31.3 Å². The van der Waals surface area contributed by atoms with E-state index in [-0.39, 0.29) is 0 Å². The fraction of sp³-hybridized carbons (Fsp3) is 0.364. The van der Waals surface area contributed by atoms with Gasteiger partial charge in [0.2, 0.25) is 5.88 Å². The Hall–Kier alpha value is -1.35. The maximum Gasteiger partial charge on any atom is 0.213 e. The maximum absolute atomic E-state index is 5.03. The van der Waals surface area contributed by atoms with Gasteiger partial charge in [-0.3, -0.25) is 0 Å². The van der Waals surface area contributed by atoms with E-state index in [0.717, 1.165) is 5.69 Å². The Morgan fingerprint density at radius 2 is 2.29 bits per heavy atom. The van der Waals surface area contributed by atoms with Gasteiger partial charge in [0.05, 0.1) is 12.8 Å². The van der Waals surface area contributed by atoms with Gasteiger partial charge in [-0.2, -0.15) is 0 Å². The molecule has 0 saturated carbocycles. The summed E-state index contributed by atoms with van der Waals surface area (Å²) in [6.07, 6.45) is 4.03. The van der Waals surface area contributed by atoms with Crippen molar-refractivity contribution in [3.05, 3.63) is 30.0 Å². The van der Waals surface area contributed by atoms with Gasteiger partial charge < -0.3 is 10.1 Å². The zero-order chi connectivity index (χ0) is 10.4. The van der Waals surface area contributed by atoms with Crippen molar-refractivity contribution in [3.63, 3.8) is 0 Å². The van der Waals surface area contributed by atoms with Gasteiger partial charge in [-0.15, -0.1) is 0 Å². The molecule has 0 radical (unpaired) electrons. The molecule has 0 spiro atoms. The fourth-order valence-electron chi connectivity index (χ4n) is 0.976. The molecule has 1 rings (SSSR count). The van der Waals surface area contributed by atoms with Crippen molar-refractivity contribution in [1.29, 1.82) is 0 Å². The predicted molar refractivity (Wildman–Crippen MR) is 58.3 cm³/mol. The number of hydrogen-bond acceptors (Lipinski definition) is 3. The molecule has 0 aromatic carbocycles. The highest BCUT2D eigenvalue weighted by atomic mass is 16.5. The van der Waals surface area contributed by atoms with Gasteiger partial charge in [0.15, 0.2) is 0 Å². The van der Waals surface area contributed by atoms with Crippen LogP contribution >= 0.6 is 0 Å². The Morgan fingerprint density at radius 1 is 1.50 bits per heavy atom. The van der Waals surface area contributed by atoms with E-state index in [1.54, 1.807) is 7.11 Å². The Kier molecular flexibility index (Phi) is 4.13. The monoisotopic (exact) mass is 192 g/mol. The van der Waals surface area contributed by atoms with Crippen LogP contribution in [-0.2, 0) is 0 Å². The van der Waals surface area contributed by atoms with Crippen LogP contribution in [0.15, 0.2) is 24.3 Å². The van der Waals surface area contributed by atoms with Crippen LogP contribution in [0.2, 0.25) is 0 Å². The van der Waals surface area contributed by atoms with E-state index in [2.05, 4.69) is 23.3 Å². The molecule has 1 unspecified atom stereocenters. The molecule has 1 heterocycles. The first-order chi connectivity index (χ1) is 6.76. The van der Waals surface area contributed by atoms with Crippen molar-refractivity contribution in [2.45, 2.75) is 13.0 Å². The Bertz CT molecular complexity index is 310. The predicted octanol–water partition coefficient (Wildman–Crippen LogP) is 1.71. The molecular formula is C11H16N2O. The first-order valence-corrected chi connectivity index (χ1v) is 4.62. The number of nitrogens with zero attached hydrogens (tertiary/aromatic N) is 1. The lowest BCUT2D eigenvalue weighted by atomic mass is 10.2. The number of nitrogens with one attached hydrogen (secondary N) is 1. The first-order valence-electron chi connectivity index (χ1n) is 4.62. The lowest BCUT2D eigenvalue weighted by molar-refractivity contribution is 0.397. The van der Waals surface area contributed by atoms with Crippen molar-refractivity contribution in [2.75, 3.05) is 14.2 Å². The summed E-state index contributed by atoms with van der Waals surface area (Å²) in [5, 5.41) is 3.12. The maximum atomic E-state index is 5.03. The summed E-state index contributed by atoms with van der Waals surface area (Å²) in [6, 6.07) is 6.05. The van der Waals surface area contributed by atoms with Gasteiger partial charge in [-0.1, -0.05) is 12.1 Å². The number of pyridine rings is 1. The van der Waals surface area contributed by atoms with Gasteiger partial charge in [-0.05, 0) is 26.1 Å². The lowest BCUT2D eigenvalue weighted by Crippen LogP contribution is -2.17. The van der Waals surface area contributed by atoms with Gasteiger partial charge in [0, 0.05) is 12.1 Å². The van der Waals surface area contributed by atoms with Crippen LogP contribution < -0.4 is 10.1 Å². The molecule has 0 amide bonds. The zero-order valence-electron chi connectivity index (χ0n) is 8.82. The van der Waals surface area contributed by atoms with Crippen LogP contribution in [0.5, 0.6) is 5.88 Å². The summed E-state index contributed by atoms with van der Waals surface area (Å²) in [5.41, 5.74) is 0.909. The number of rotatable bonds is 4. The molecule has 1 atom stereocenters. The summed E-state index contributed by atoms with van der Waals surface area (Å²) in [7, 11) is 3.54. The number of aromatic nitrogens is 1. The summed E-state index contributed by atoms with van der Waals surface area (Å²) in [4.78, 5) is 4.26. The van der Waals surface area contributed by atoms with Gasteiger partial charge in [-0.25, -0.2) is 4.98 Å². The zero-order valence-corrected chi connectivity index (χ0v) is 8.82. The van der Waals surface area contributed by atoms with Crippen LogP contribution in [-0.4, -0.2) is 25.2 Å². The van der Waals surface area contributed by atoms with E-state index in [9.17, 15) is 0 Å². The Labute approximate surface area is 84.8 Å². The normalized spacial score (nSPS) is 13.1. The largest absolute Gasteiger partial charge is 0.481 e.